The van der Waals surface area contributed by atoms with Crippen LogP contribution in [0.2, 0.25) is 0 Å². The van der Waals surface area contributed by atoms with Crippen molar-refractivity contribution in [1.82, 2.24) is 5.32 Å². The number of hydrogen-bond acceptors (Lipinski definition) is 3. The molecule has 4 nitrogen and oxygen atoms in total. The van der Waals surface area contributed by atoms with Gasteiger partial charge in [-0.3, -0.25) is 4.79 Å². The van der Waals surface area contributed by atoms with Crippen LogP contribution in [0.5, 0.6) is 0 Å². The Morgan fingerprint density at radius 2 is 2.21 bits per heavy atom. The third-order valence-electron chi connectivity index (χ3n) is 2.82. The first kappa shape index (κ1) is 11.5. The highest BCUT2D eigenvalue weighted by Crippen LogP contribution is 2.27. The van der Waals surface area contributed by atoms with Crippen LogP contribution in [-0.4, -0.2) is 33.9 Å². The van der Waals surface area contributed by atoms with Crippen LogP contribution in [0.25, 0.3) is 0 Å². The molecule has 14 heavy (non-hydrogen) atoms. The van der Waals surface area contributed by atoms with Crippen LogP contribution >= 0.6 is 0 Å². The van der Waals surface area contributed by atoms with Crippen LogP contribution in [0.4, 0.5) is 0 Å². The molecule has 3 N–H and O–H groups in total. The Morgan fingerprint density at radius 3 is 2.57 bits per heavy atom. The van der Waals surface area contributed by atoms with Crippen LogP contribution in [0, 0.1) is 0 Å². The first-order valence-corrected chi connectivity index (χ1v) is 5.07. The van der Waals surface area contributed by atoms with E-state index in [0.29, 0.717) is 19.3 Å². The molecule has 1 aliphatic rings. The summed E-state index contributed by atoms with van der Waals surface area (Å²) in [5.74, 6) is -0.792. The Labute approximate surface area is 84.3 Å². The third kappa shape index (κ3) is 2.69. The standard InChI is InChI=1S/C10H19NO3/c1-9(2,14)5-6-10(8(12)13)4-3-7-11-10/h11,14H,3-7H2,1-2H3,(H,12,13). The number of carboxylic acids is 1. The molecule has 1 saturated heterocycles. The van der Waals surface area contributed by atoms with Crippen molar-refractivity contribution in [2.45, 2.75) is 50.7 Å². The molecule has 0 aromatic carbocycles. The van der Waals surface area contributed by atoms with E-state index in [1.54, 1.807) is 13.8 Å². The Kier molecular flexibility index (Phi) is 3.17. The molecule has 4 heteroatoms. The van der Waals surface area contributed by atoms with Crippen molar-refractivity contribution in [3.8, 4) is 0 Å². The van der Waals surface area contributed by atoms with Crippen LogP contribution < -0.4 is 5.32 Å². The molecule has 1 atom stereocenters. The molecule has 1 heterocycles. The van der Waals surface area contributed by atoms with Gasteiger partial charge in [0.05, 0.1) is 5.60 Å². The fourth-order valence-electron chi connectivity index (χ4n) is 1.83. The molecule has 0 saturated carbocycles. The SMILES string of the molecule is CC(C)(O)CCC1(C(=O)O)CCCN1. The van der Waals surface area contributed by atoms with Gasteiger partial charge in [0.15, 0.2) is 0 Å². The number of hydrogen-bond donors (Lipinski definition) is 3. The average Bonchev–Trinajstić information content (AvgIpc) is 2.48. The molecule has 1 fully saturated rings. The van der Waals surface area contributed by atoms with E-state index in [1.807, 2.05) is 0 Å². The summed E-state index contributed by atoms with van der Waals surface area (Å²) >= 11 is 0. The second-order valence-electron chi connectivity index (χ2n) is 4.73. The van der Waals surface area contributed by atoms with E-state index < -0.39 is 17.1 Å². The molecule has 0 bridgehead atoms. The lowest BCUT2D eigenvalue weighted by Crippen LogP contribution is -2.48. The lowest BCUT2D eigenvalue weighted by molar-refractivity contribution is -0.145. The van der Waals surface area contributed by atoms with E-state index in [9.17, 15) is 9.90 Å². The zero-order valence-electron chi connectivity index (χ0n) is 8.84. The van der Waals surface area contributed by atoms with E-state index in [4.69, 9.17) is 5.11 Å². The highest BCUT2D eigenvalue weighted by molar-refractivity contribution is 5.79. The van der Waals surface area contributed by atoms with Gasteiger partial charge in [-0.25, -0.2) is 0 Å². The fraction of sp³-hybridized carbons (Fsp3) is 0.900. The van der Waals surface area contributed by atoms with Gasteiger partial charge in [0.25, 0.3) is 0 Å². The molecule has 0 radical (unpaired) electrons. The molecule has 1 aliphatic heterocycles. The van der Waals surface area contributed by atoms with Crippen molar-refractivity contribution < 1.29 is 15.0 Å². The number of carbonyl (C=O) groups is 1. The molecule has 82 valence electrons. The zero-order chi connectivity index (χ0) is 10.8. The van der Waals surface area contributed by atoms with Crippen LogP contribution in [0.1, 0.15) is 39.5 Å². The monoisotopic (exact) mass is 201 g/mol. The van der Waals surface area contributed by atoms with Crippen molar-refractivity contribution in [3.63, 3.8) is 0 Å². The summed E-state index contributed by atoms with van der Waals surface area (Å²) in [6.07, 6.45) is 2.56. The first-order chi connectivity index (χ1) is 6.36. The lowest BCUT2D eigenvalue weighted by Gasteiger charge is -2.27. The zero-order valence-corrected chi connectivity index (χ0v) is 8.84. The summed E-state index contributed by atoms with van der Waals surface area (Å²) in [6.45, 7) is 4.17. The normalized spacial score (nSPS) is 27.9. The fourth-order valence-corrected chi connectivity index (χ4v) is 1.83. The van der Waals surface area contributed by atoms with Gasteiger partial charge >= 0.3 is 5.97 Å². The molecule has 0 spiro atoms. The van der Waals surface area contributed by atoms with Crippen LogP contribution in [-0.2, 0) is 4.79 Å². The summed E-state index contributed by atoms with van der Waals surface area (Å²) in [7, 11) is 0. The van der Waals surface area contributed by atoms with Crippen molar-refractivity contribution in [2.75, 3.05) is 6.54 Å². The molecular formula is C10H19NO3. The van der Waals surface area contributed by atoms with Gasteiger partial charge in [-0.1, -0.05) is 0 Å². The van der Waals surface area contributed by atoms with Gasteiger partial charge in [-0.2, -0.15) is 0 Å². The van der Waals surface area contributed by atoms with Gasteiger partial charge in [0, 0.05) is 0 Å². The topological polar surface area (TPSA) is 69.6 Å². The average molecular weight is 201 g/mol. The Morgan fingerprint density at radius 1 is 1.57 bits per heavy atom. The molecular weight excluding hydrogens is 182 g/mol. The highest BCUT2D eigenvalue weighted by Gasteiger charge is 2.41. The van der Waals surface area contributed by atoms with Crippen molar-refractivity contribution >= 4 is 5.97 Å². The molecule has 1 rings (SSSR count). The number of nitrogens with one attached hydrogen (secondary N) is 1. The molecule has 1 unspecified atom stereocenters. The van der Waals surface area contributed by atoms with E-state index in [1.165, 1.54) is 0 Å². The van der Waals surface area contributed by atoms with Crippen molar-refractivity contribution in [2.24, 2.45) is 0 Å². The van der Waals surface area contributed by atoms with Crippen LogP contribution in [0.3, 0.4) is 0 Å². The summed E-state index contributed by atoms with van der Waals surface area (Å²) in [4.78, 5) is 11.1. The van der Waals surface area contributed by atoms with E-state index in [-0.39, 0.29) is 0 Å². The van der Waals surface area contributed by atoms with E-state index >= 15 is 0 Å². The molecule has 0 aromatic heterocycles. The number of rotatable bonds is 4. The number of aliphatic hydroxyl groups is 1. The molecule has 0 aliphatic carbocycles. The maximum Gasteiger partial charge on any atom is 0.323 e. The second kappa shape index (κ2) is 3.87. The maximum absolute atomic E-state index is 11.1. The minimum atomic E-state index is -0.792. The number of carboxylic acid groups (broad SMARTS) is 1. The lowest BCUT2D eigenvalue weighted by atomic mass is 9.87. The summed E-state index contributed by atoms with van der Waals surface area (Å²) in [6, 6.07) is 0. The maximum atomic E-state index is 11.1. The predicted octanol–water partition coefficient (Wildman–Crippen LogP) is 0.744. The van der Waals surface area contributed by atoms with Gasteiger partial charge in [0.1, 0.15) is 5.54 Å². The number of aliphatic carboxylic acids is 1. The van der Waals surface area contributed by atoms with Gasteiger partial charge in [-0.05, 0) is 46.1 Å². The van der Waals surface area contributed by atoms with Gasteiger partial charge in [0.2, 0.25) is 0 Å². The second-order valence-corrected chi connectivity index (χ2v) is 4.73. The van der Waals surface area contributed by atoms with E-state index in [2.05, 4.69) is 5.32 Å². The Balaban J connectivity index is 2.57. The van der Waals surface area contributed by atoms with E-state index in [0.717, 1.165) is 13.0 Å². The quantitative estimate of drug-likeness (QED) is 0.627. The smallest absolute Gasteiger partial charge is 0.323 e. The minimum Gasteiger partial charge on any atom is -0.480 e. The minimum absolute atomic E-state index is 0.492. The van der Waals surface area contributed by atoms with Gasteiger partial charge < -0.3 is 15.5 Å². The first-order valence-electron chi connectivity index (χ1n) is 5.07. The third-order valence-corrected chi connectivity index (χ3v) is 2.82. The summed E-state index contributed by atoms with van der Waals surface area (Å²) in [5.41, 5.74) is -1.58. The Hall–Kier alpha value is -0.610. The van der Waals surface area contributed by atoms with Crippen LogP contribution in [0.15, 0.2) is 0 Å². The highest BCUT2D eigenvalue weighted by atomic mass is 16.4. The molecule has 0 amide bonds. The summed E-state index contributed by atoms with van der Waals surface area (Å²) < 4.78 is 0. The van der Waals surface area contributed by atoms with Crippen molar-refractivity contribution in [3.05, 3.63) is 0 Å². The predicted molar refractivity (Wildman–Crippen MR) is 53.1 cm³/mol. The Bertz CT molecular complexity index is 214. The van der Waals surface area contributed by atoms with Crippen molar-refractivity contribution in [1.29, 1.82) is 0 Å². The van der Waals surface area contributed by atoms with Gasteiger partial charge in [-0.15, -0.1) is 0 Å². The molecule has 0 aromatic rings. The largest absolute Gasteiger partial charge is 0.480 e. The summed E-state index contributed by atoms with van der Waals surface area (Å²) in [5, 5.41) is 21.7.